The van der Waals surface area contributed by atoms with E-state index in [-0.39, 0.29) is 0 Å². The van der Waals surface area contributed by atoms with Gasteiger partial charge in [-0.15, -0.1) is 0 Å². The first kappa shape index (κ1) is 17.6. The van der Waals surface area contributed by atoms with Gasteiger partial charge in [0.15, 0.2) is 5.16 Å². The number of hydrogen-bond donors (Lipinski definition) is 0. The number of nitrogens with zero attached hydrogens (tertiary/aromatic N) is 2. The standard InChI is InChI=1S/C18H13ClF2N2OS/c1-11-5-17(24-16-4-2-3-13(19)8-16)23-18(22-11)25-10-12-6-14(20)9-15(21)7-12/h2-9H,10H2,1H3. The smallest absolute Gasteiger partial charge is 0.223 e. The van der Waals surface area contributed by atoms with Gasteiger partial charge in [-0.05, 0) is 42.8 Å². The van der Waals surface area contributed by atoms with E-state index in [9.17, 15) is 8.78 Å². The molecule has 0 saturated carbocycles. The predicted octanol–water partition coefficient (Wildman–Crippen LogP) is 5.80. The Hall–Kier alpha value is -2.18. The van der Waals surface area contributed by atoms with Crippen molar-refractivity contribution in [3.8, 4) is 11.6 Å². The number of thioether (sulfide) groups is 1. The Bertz CT molecular complexity index is 888. The highest BCUT2D eigenvalue weighted by molar-refractivity contribution is 7.98. The summed E-state index contributed by atoms with van der Waals surface area (Å²) in [6.45, 7) is 1.82. The summed E-state index contributed by atoms with van der Waals surface area (Å²) in [5.41, 5.74) is 1.24. The Morgan fingerprint density at radius 2 is 1.80 bits per heavy atom. The van der Waals surface area contributed by atoms with Crippen molar-refractivity contribution in [3.63, 3.8) is 0 Å². The molecule has 0 amide bonds. The van der Waals surface area contributed by atoms with Crippen molar-refractivity contribution < 1.29 is 13.5 Å². The van der Waals surface area contributed by atoms with Crippen LogP contribution in [-0.4, -0.2) is 9.97 Å². The Balaban J connectivity index is 1.75. The molecule has 0 spiro atoms. The van der Waals surface area contributed by atoms with Crippen LogP contribution in [0.4, 0.5) is 8.78 Å². The van der Waals surface area contributed by atoms with Crippen molar-refractivity contribution >= 4 is 23.4 Å². The van der Waals surface area contributed by atoms with E-state index >= 15 is 0 Å². The molecule has 3 nitrogen and oxygen atoms in total. The molecule has 0 N–H and O–H groups in total. The van der Waals surface area contributed by atoms with Gasteiger partial charge < -0.3 is 4.74 Å². The van der Waals surface area contributed by atoms with Crippen molar-refractivity contribution in [2.45, 2.75) is 17.8 Å². The maximum atomic E-state index is 13.2. The van der Waals surface area contributed by atoms with Crippen molar-refractivity contribution in [3.05, 3.63) is 76.4 Å². The summed E-state index contributed by atoms with van der Waals surface area (Å²) in [6, 6.07) is 12.1. The van der Waals surface area contributed by atoms with E-state index in [0.29, 0.717) is 33.1 Å². The first-order valence-electron chi connectivity index (χ1n) is 7.35. The molecule has 0 aliphatic heterocycles. The van der Waals surface area contributed by atoms with Gasteiger partial charge in [-0.1, -0.05) is 29.4 Å². The summed E-state index contributed by atoms with van der Waals surface area (Å²) in [4.78, 5) is 8.63. The molecule has 0 saturated heterocycles. The fraction of sp³-hybridized carbons (Fsp3) is 0.111. The lowest BCUT2D eigenvalue weighted by Gasteiger charge is -2.08. The van der Waals surface area contributed by atoms with Crippen LogP contribution >= 0.6 is 23.4 Å². The lowest BCUT2D eigenvalue weighted by Crippen LogP contribution is -1.95. The molecule has 0 aliphatic carbocycles. The zero-order valence-electron chi connectivity index (χ0n) is 13.2. The molecule has 7 heteroatoms. The van der Waals surface area contributed by atoms with Crippen LogP contribution in [0.3, 0.4) is 0 Å². The molecule has 0 unspecified atom stereocenters. The molecule has 0 aliphatic rings. The Morgan fingerprint density at radius 1 is 1.04 bits per heavy atom. The second-order valence-electron chi connectivity index (χ2n) is 5.26. The normalized spacial score (nSPS) is 10.7. The second kappa shape index (κ2) is 7.80. The van der Waals surface area contributed by atoms with Gasteiger partial charge in [0.1, 0.15) is 17.4 Å². The van der Waals surface area contributed by atoms with E-state index in [1.165, 1.54) is 23.9 Å². The molecular weight excluding hydrogens is 366 g/mol. The van der Waals surface area contributed by atoms with Crippen LogP contribution in [0.15, 0.2) is 53.7 Å². The minimum Gasteiger partial charge on any atom is -0.439 e. The summed E-state index contributed by atoms with van der Waals surface area (Å²) in [7, 11) is 0. The zero-order valence-corrected chi connectivity index (χ0v) is 14.7. The number of rotatable bonds is 5. The highest BCUT2D eigenvalue weighted by atomic mass is 35.5. The lowest BCUT2D eigenvalue weighted by atomic mass is 10.2. The van der Waals surface area contributed by atoms with E-state index < -0.39 is 11.6 Å². The highest BCUT2D eigenvalue weighted by Gasteiger charge is 2.08. The van der Waals surface area contributed by atoms with E-state index in [1.54, 1.807) is 30.3 Å². The number of halogens is 3. The maximum Gasteiger partial charge on any atom is 0.223 e. The van der Waals surface area contributed by atoms with E-state index in [4.69, 9.17) is 16.3 Å². The van der Waals surface area contributed by atoms with Crippen LogP contribution < -0.4 is 4.74 Å². The molecule has 128 valence electrons. The fourth-order valence-corrected chi connectivity index (χ4v) is 3.13. The summed E-state index contributed by atoms with van der Waals surface area (Å²) in [5.74, 6) is 0.0716. The van der Waals surface area contributed by atoms with Crippen LogP contribution in [0.25, 0.3) is 0 Å². The van der Waals surface area contributed by atoms with Gasteiger partial charge in [-0.2, -0.15) is 4.98 Å². The van der Waals surface area contributed by atoms with E-state index in [1.807, 2.05) is 6.92 Å². The SMILES string of the molecule is Cc1cc(Oc2cccc(Cl)c2)nc(SCc2cc(F)cc(F)c2)n1. The summed E-state index contributed by atoms with van der Waals surface area (Å²) in [5, 5.41) is 1.02. The number of aryl methyl sites for hydroxylation is 1. The lowest BCUT2D eigenvalue weighted by molar-refractivity contribution is 0.454. The molecule has 0 bridgehead atoms. The molecule has 0 fully saturated rings. The Morgan fingerprint density at radius 3 is 2.52 bits per heavy atom. The van der Waals surface area contributed by atoms with Gasteiger partial charge in [0.2, 0.25) is 5.88 Å². The second-order valence-corrected chi connectivity index (χ2v) is 6.63. The highest BCUT2D eigenvalue weighted by Crippen LogP contribution is 2.26. The molecule has 1 heterocycles. The van der Waals surface area contributed by atoms with Crippen molar-refractivity contribution in [1.29, 1.82) is 0 Å². The maximum absolute atomic E-state index is 13.2. The van der Waals surface area contributed by atoms with Crippen molar-refractivity contribution in [1.82, 2.24) is 9.97 Å². The van der Waals surface area contributed by atoms with Crippen LogP contribution in [0, 0.1) is 18.6 Å². The monoisotopic (exact) mass is 378 g/mol. The van der Waals surface area contributed by atoms with Gasteiger partial charge in [0, 0.05) is 28.6 Å². The van der Waals surface area contributed by atoms with Gasteiger partial charge in [0.25, 0.3) is 0 Å². The van der Waals surface area contributed by atoms with Crippen LogP contribution in [0.2, 0.25) is 5.02 Å². The molecule has 2 aromatic carbocycles. The molecule has 0 radical (unpaired) electrons. The summed E-state index contributed by atoms with van der Waals surface area (Å²) in [6.07, 6.45) is 0. The van der Waals surface area contributed by atoms with Crippen molar-refractivity contribution in [2.24, 2.45) is 0 Å². The van der Waals surface area contributed by atoms with Gasteiger partial charge in [0.05, 0.1) is 0 Å². The molecular formula is C18H13ClF2N2OS. The topological polar surface area (TPSA) is 35.0 Å². The molecule has 1 aromatic heterocycles. The minimum atomic E-state index is -0.606. The van der Waals surface area contributed by atoms with Crippen LogP contribution in [0.5, 0.6) is 11.6 Å². The average Bonchev–Trinajstić information content (AvgIpc) is 2.51. The van der Waals surface area contributed by atoms with Crippen molar-refractivity contribution in [2.75, 3.05) is 0 Å². The summed E-state index contributed by atoms with van der Waals surface area (Å²) >= 11 is 7.21. The third-order valence-corrected chi connectivity index (χ3v) is 4.27. The third-order valence-electron chi connectivity index (χ3n) is 3.12. The molecule has 3 aromatic rings. The average molecular weight is 379 g/mol. The minimum absolute atomic E-state index is 0.342. The van der Waals surface area contributed by atoms with Gasteiger partial charge in [-0.25, -0.2) is 13.8 Å². The number of benzene rings is 2. The zero-order chi connectivity index (χ0) is 17.8. The van der Waals surface area contributed by atoms with Crippen LogP contribution in [0.1, 0.15) is 11.3 Å². The number of hydrogen-bond acceptors (Lipinski definition) is 4. The van der Waals surface area contributed by atoms with Gasteiger partial charge >= 0.3 is 0 Å². The quantitative estimate of drug-likeness (QED) is 0.415. The number of aromatic nitrogens is 2. The number of ether oxygens (including phenoxy) is 1. The Kier molecular flexibility index (Phi) is 5.50. The molecule has 3 rings (SSSR count). The predicted molar refractivity (Wildman–Crippen MR) is 94.2 cm³/mol. The molecule has 25 heavy (non-hydrogen) atoms. The Labute approximate surface area is 153 Å². The fourth-order valence-electron chi connectivity index (χ4n) is 2.12. The first-order valence-corrected chi connectivity index (χ1v) is 8.71. The van der Waals surface area contributed by atoms with E-state index in [0.717, 1.165) is 11.8 Å². The first-order chi connectivity index (χ1) is 12.0. The third kappa shape index (κ3) is 5.14. The largest absolute Gasteiger partial charge is 0.439 e. The molecule has 0 atom stereocenters. The summed E-state index contributed by atoms with van der Waals surface area (Å²) < 4.78 is 32.2. The van der Waals surface area contributed by atoms with Gasteiger partial charge in [-0.3, -0.25) is 0 Å². The van der Waals surface area contributed by atoms with E-state index in [2.05, 4.69) is 9.97 Å². The van der Waals surface area contributed by atoms with Crippen LogP contribution in [-0.2, 0) is 5.75 Å².